The number of carbonyl (C=O) groups excluding carboxylic acids is 1. The monoisotopic (exact) mass is 374 g/mol. The van der Waals surface area contributed by atoms with Crippen molar-refractivity contribution < 1.29 is 9.18 Å². The van der Waals surface area contributed by atoms with Crippen LogP contribution in [-0.2, 0) is 0 Å². The zero-order valence-corrected chi connectivity index (χ0v) is 14.2. The minimum Gasteiger partial charge on any atom is -0.289 e. The second-order valence-electron chi connectivity index (χ2n) is 4.96. The summed E-state index contributed by atoms with van der Waals surface area (Å²) in [7, 11) is 0. The van der Waals surface area contributed by atoms with Crippen LogP contribution in [0, 0.1) is 12.7 Å². The Hall–Kier alpha value is -1.78. The number of thiophene rings is 1. The van der Waals surface area contributed by atoms with Gasteiger partial charge in [-0.2, -0.15) is 0 Å². The summed E-state index contributed by atoms with van der Waals surface area (Å²) in [5.41, 5.74) is 3.12. The molecule has 110 valence electrons. The minimum atomic E-state index is -0.281. The number of rotatable bonds is 3. The summed E-state index contributed by atoms with van der Waals surface area (Å²) in [6.07, 6.45) is 0. The van der Waals surface area contributed by atoms with Crippen LogP contribution in [0.25, 0.3) is 10.4 Å². The van der Waals surface area contributed by atoms with E-state index < -0.39 is 0 Å². The average molecular weight is 375 g/mol. The molecule has 0 amide bonds. The van der Waals surface area contributed by atoms with Gasteiger partial charge in [0, 0.05) is 20.5 Å². The molecule has 0 unspecified atom stereocenters. The van der Waals surface area contributed by atoms with Crippen LogP contribution >= 0.6 is 27.3 Å². The fourth-order valence-corrected chi connectivity index (χ4v) is 3.56. The number of hydrogen-bond donors (Lipinski definition) is 0. The Morgan fingerprint density at radius 1 is 1.05 bits per heavy atom. The molecule has 1 nitrogen and oxygen atoms in total. The maximum Gasteiger partial charge on any atom is 0.194 e. The highest BCUT2D eigenvalue weighted by atomic mass is 79.9. The van der Waals surface area contributed by atoms with Crippen LogP contribution in [-0.4, -0.2) is 5.78 Å². The highest BCUT2D eigenvalue weighted by Crippen LogP contribution is 2.32. The molecule has 1 heterocycles. The van der Waals surface area contributed by atoms with Crippen molar-refractivity contribution in [3.05, 3.63) is 80.9 Å². The van der Waals surface area contributed by atoms with Gasteiger partial charge in [-0.1, -0.05) is 34.1 Å². The molecular weight excluding hydrogens is 363 g/mol. The first-order chi connectivity index (χ1) is 10.6. The second kappa shape index (κ2) is 6.15. The van der Waals surface area contributed by atoms with Gasteiger partial charge in [-0.15, -0.1) is 11.3 Å². The fourth-order valence-electron chi connectivity index (χ4n) is 2.30. The Labute approximate surface area is 140 Å². The molecule has 0 radical (unpaired) electrons. The van der Waals surface area contributed by atoms with Crippen molar-refractivity contribution in [1.29, 1.82) is 0 Å². The molecule has 22 heavy (non-hydrogen) atoms. The van der Waals surface area contributed by atoms with E-state index in [1.165, 1.54) is 23.5 Å². The highest BCUT2D eigenvalue weighted by molar-refractivity contribution is 9.10. The van der Waals surface area contributed by atoms with E-state index in [-0.39, 0.29) is 11.6 Å². The summed E-state index contributed by atoms with van der Waals surface area (Å²) in [4.78, 5) is 13.7. The zero-order chi connectivity index (χ0) is 15.7. The van der Waals surface area contributed by atoms with Crippen molar-refractivity contribution in [3.63, 3.8) is 0 Å². The number of aryl methyl sites for hydroxylation is 1. The summed E-state index contributed by atoms with van der Waals surface area (Å²) >= 11 is 4.89. The highest BCUT2D eigenvalue weighted by Gasteiger charge is 2.18. The topological polar surface area (TPSA) is 17.1 Å². The van der Waals surface area contributed by atoms with Gasteiger partial charge in [0.2, 0.25) is 0 Å². The maximum absolute atomic E-state index is 13.1. The molecule has 3 aromatic rings. The summed E-state index contributed by atoms with van der Waals surface area (Å²) < 4.78 is 14.0. The third-order valence-corrected chi connectivity index (χ3v) is 4.92. The molecule has 0 aliphatic carbocycles. The van der Waals surface area contributed by atoms with E-state index in [1.54, 1.807) is 12.1 Å². The van der Waals surface area contributed by atoms with Crippen molar-refractivity contribution in [2.24, 2.45) is 0 Å². The number of hydrogen-bond acceptors (Lipinski definition) is 2. The number of carbonyl (C=O) groups is 1. The van der Waals surface area contributed by atoms with Crippen molar-refractivity contribution >= 4 is 33.0 Å². The molecule has 0 fully saturated rings. The molecule has 2 aromatic carbocycles. The Morgan fingerprint density at radius 3 is 2.50 bits per heavy atom. The second-order valence-corrected chi connectivity index (χ2v) is 6.79. The van der Waals surface area contributed by atoms with E-state index in [0.29, 0.717) is 11.1 Å². The Balaban J connectivity index is 2.06. The lowest BCUT2D eigenvalue weighted by Gasteiger charge is -2.07. The van der Waals surface area contributed by atoms with Gasteiger partial charge in [-0.05, 0) is 53.8 Å². The zero-order valence-electron chi connectivity index (χ0n) is 11.8. The van der Waals surface area contributed by atoms with E-state index in [0.717, 1.165) is 20.5 Å². The van der Waals surface area contributed by atoms with Gasteiger partial charge < -0.3 is 0 Å². The Bertz CT molecular complexity index is 837. The molecule has 0 saturated heterocycles. The van der Waals surface area contributed by atoms with Crippen LogP contribution < -0.4 is 0 Å². The quantitative estimate of drug-likeness (QED) is 0.525. The SMILES string of the molecule is Cc1ccc(Br)cc1C(=O)c1ccsc1-c1ccc(F)cc1. The van der Waals surface area contributed by atoms with E-state index >= 15 is 0 Å². The van der Waals surface area contributed by atoms with Crippen LogP contribution in [0.4, 0.5) is 4.39 Å². The van der Waals surface area contributed by atoms with Crippen LogP contribution in [0.3, 0.4) is 0 Å². The van der Waals surface area contributed by atoms with Crippen molar-refractivity contribution in [2.75, 3.05) is 0 Å². The van der Waals surface area contributed by atoms with E-state index in [9.17, 15) is 9.18 Å². The molecule has 0 N–H and O–H groups in total. The number of ketones is 1. The van der Waals surface area contributed by atoms with Crippen LogP contribution in [0.5, 0.6) is 0 Å². The lowest BCUT2D eigenvalue weighted by molar-refractivity contribution is 0.103. The first-order valence-corrected chi connectivity index (χ1v) is 8.38. The van der Waals surface area contributed by atoms with Gasteiger partial charge >= 0.3 is 0 Å². The van der Waals surface area contributed by atoms with Gasteiger partial charge in [-0.3, -0.25) is 4.79 Å². The van der Waals surface area contributed by atoms with E-state index in [2.05, 4.69) is 15.9 Å². The van der Waals surface area contributed by atoms with Gasteiger partial charge in [0.05, 0.1) is 0 Å². The van der Waals surface area contributed by atoms with Crippen LogP contribution in [0.2, 0.25) is 0 Å². The van der Waals surface area contributed by atoms with Gasteiger partial charge in [0.25, 0.3) is 0 Å². The summed E-state index contributed by atoms with van der Waals surface area (Å²) in [5.74, 6) is -0.296. The normalized spacial score (nSPS) is 10.7. The van der Waals surface area contributed by atoms with Crippen LogP contribution in [0.1, 0.15) is 21.5 Å². The van der Waals surface area contributed by atoms with Crippen molar-refractivity contribution in [1.82, 2.24) is 0 Å². The number of halogens is 2. The molecule has 3 rings (SSSR count). The van der Waals surface area contributed by atoms with Gasteiger partial charge in [0.15, 0.2) is 5.78 Å². The molecule has 0 atom stereocenters. The minimum absolute atomic E-state index is 0.0145. The van der Waals surface area contributed by atoms with E-state index in [4.69, 9.17) is 0 Å². The first kappa shape index (κ1) is 15.1. The smallest absolute Gasteiger partial charge is 0.194 e. The molecule has 0 aliphatic rings. The molecule has 0 spiro atoms. The predicted octanol–water partition coefficient (Wildman–Crippen LogP) is 5.86. The van der Waals surface area contributed by atoms with Crippen molar-refractivity contribution in [3.8, 4) is 10.4 Å². The average Bonchev–Trinajstić information content (AvgIpc) is 2.99. The molecule has 0 aliphatic heterocycles. The van der Waals surface area contributed by atoms with Gasteiger partial charge in [-0.25, -0.2) is 4.39 Å². The standard InChI is InChI=1S/C18H12BrFOS/c1-11-2-5-13(19)10-16(11)17(21)15-8-9-22-18(15)12-3-6-14(20)7-4-12/h2-10H,1H3. The maximum atomic E-state index is 13.1. The largest absolute Gasteiger partial charge is 0.289 e. The molecule has 1 aromatic heterocycles. The first-order valence-electron chi connectivity index (χ1n) is 6.70. The van der Waals surface area contributed by atoms with E-state index in [1.807, 2.05) is 36.6 Å². The predicted molar refractivity (Wildman–Crippen MR) is 92.0 cm³/mol. The molecule has 0 saturated carbocycles. The molecular formula is C18H12BrFOS. The summed E-state index contributed by atoms with van der Waals surface area (Å²) in [5, 5.41) is 1.89. The molecule has 0 bridgehead atoms. The summed E-state index contributed by atoms with van der Waals surface area (Å²) in [6.45, 7) is 1.92. The molecule has 4 heteroatoms. The lowest BCUT2D eigenvalue weighted by Crippen LogP contribution is -2.03. The third kappa shape index (κ3) is 2.89. The Morgan fingerprint density at radius 2 is 1.77 bits per heavy atom. The van der Waals surface area contributed by atoms with Crippen molar-refractivity contribution in [2.45, 2.75) is 6.92 Å². The van der Waals surface area contributed by atoms with Crippen LogP contribution in [0.15, 0.2) is 58.4 Å². The third-order valence-electron chi connectivity index (χ3n) is 3.46. The summed E-state index contributed by atoms with van der Waals surface area (Å²) in [6, 6.07) is 13.7. The lowest BCUT2D eigenvalue weighted by atomic mass is 9.98. The fraction of sp³-hybridized carbons (Fsp3) is 0.0556. The number of benzene rings is 2. The van der Waals surface area contributed by atoms with Gasteiger partial charge in [0.1, 0.15) is 5.82 Å². The Kier molecular flexibility index (Phi) is 4.23.